The SMILES string of the molecule is CNCc1occc1COc1ccc(SC)cc1. The summed E-state index contributed by atoms with van der Waals surface area (Å²) in [6, 6.07) is 10.0. The van der Waals surface area contributed by atoms with E-state index in [-0.39, 0.29) is 0 Å². The van der Waals surface area contributed by atoms with E-state index in [2.05, 4.69) is 23.7 Å². The van der Waals surface area contributed by atoms with Gasteiger partial charge in [0.05, 0.1) is 12.8 Å². The summed E-state index contributed by atoms with van der Waals surface area (Å²) in [5.41, 5.74) is 1.08. The Morgan fingerprint density at radius 1 is 1.22 bits per heavy atom. The molecule has 0 bridgehead atoms. The average molecular weight is 263 g/mol. The summed E-state index contributed by atoms with van der Waals surface area (Å²) in [7, 11) is 1.90. The Morgan fingerprint density at radius 2 is 2.00 bits per heavy atom. The molecule has 1 aromatic carbocycles. The Balaban J connectivity index is 1.95. The monoisotopic (exact) mass is 263 g/mol. The lowest BCUT2D eigenvalue weighted by molar-refractivity contribution is 0.301. The molecule has 0 radical (unpaired) electrons. The van der Waals surface area contributed by atoms with Gasteiger partial charge in [0.15, 0.2) is 0 Å². The summed E-state index contributed by atoms with van der Waals surface area (Å²) in [6.45, 7) is 1.25. The quantitative estimate of drug-likeness (QED) is 0.811. The molecule has 1 heterocycles. The number of ether oxygens (including phenoxy) is 1. The zero-order chi connectivity index (χ0) is 12.8. The maximum Gasteiger partial charge on any atom is 0.124 e. The minimum atomic E-state index is 0.534. The normalized spacial score (nSPS) is 10.6. The molecule has 0 saturated heterocycles. The van der Waals surface area contributed by atoms with Gasteiger partial charge in [-0.15, -0.1) is 11.8 Å². The maximum absolute atomic E-state index is 5.74. The average Bonchev–Trinajstić information content (AvgIpc) is 2.85. The van der Waals surface area contributed by atoms with E-state index in [9.17, 15) is 0 Å². The second kappa shape index (κ2) is 6.52. The van der Waals surface area contributed by atoms with E-state index in [0.29, 0.717) is 6.61 Å². The maximum atomic E-state index is 5.74. The standard InChI is InChI=1S/C14H17NO2S/c1-15-9-14-11(7-8-16-14)10-17-12-3-5-13(18-2)6-4-12/h3-8,15H,9-10H2,1-2H3. The predicted molar refractivity (Wildman–Crippen MR) is 74.0 cm³/mol. The predicted octanol–water partition coefficient (Wildman–Crippen LogP) is 3.30. The van der Waals surface area contributed by atoms with E-state index < -0.39 is 0 Å². The van der Waals surface area contributed by atoms with E-state index in [1.165, 1.54) is 4.90 Å². The van der Waals surface area contributed by atoms with Crippen LogP contribution in [0.3, 0.4) is 0 Å². The lowest BCUT2D eigenvalue weighted by atomic mass is 10.2. The number of nitrogens with one attached hydrogen (secondary N) is 1. The fraction of sp³-hybridized carbons (Fsp3) is 0.286. The van der Waals surface area contributed by atoms with Crippen molar-refractivity contribution in [3.05, 3.63) is 47.9 Å². The van der Waals surface area contributed by atoms with Crippen LogP contribution in [0.2, 0.25) is 0 Å². The van der Waals surface area contributed by atoms with Gasteiger partial charge >= 0.3 is 0 Å². The van der Waals surface area contributed by atoms with Gasteiger partial charge in [-0.05, 0) is 43.6 Å². The van der Waals surface area contributed by atoms with Crippen molar-refractivity contribution in [2.24, 2.45) is 0 Å². The topological polar surface area (TPSA) is 34.4 Å². The van der Waals surface area contributed by atoms with Gasteiger partial charge in [0.25, 0.3) is 0 Å². The zero-order valence-electron chi connectivity index (χ0n) is 10.6. The van der Waals surface area contributed by atoms with Gasteiger partial charge in [-0.3, -0.25) is 0 Å². The molecular formula is C14H17NO2S. The summed E-state index contributed by atoms with van der Waals surface area (Å²) in [5.74, 6) is 1.81. The highest BCUT2D eigenvalue weighted by atomic mass is 32.2. The van der Waals surface area contributed by atoms with Crippen LogP contribution >= 0.6 is 11.8 Å². The van der Waals surface area contributed by atoms with Crippen molar-refractivity contribution in [1.29, 1.82) is 0 Å². The molecule has 1 N–H and O–H groups in total. The first-order chi connectivity index (χ1) is 8.83. The Kier molecular flexibility index (Phi) is 4.73. The Labute approximate surface area is 112 Å². The van der Waals surface area contributed by atoms with Crippen LogP contribution in [-0.4, -0.2) is 13.3 Å². The molecule has 4 heteroatoms. The lowest BCUT2D eigenvalue weighted by Gasteiger charge is -2.07. The Bertz CT molecular complexity index is 479. The van der Waals surface area contributed by atoms with Gasteiger partial charge in [0.1, 0.15) is 18.1 Å². The summed E-state index contributed by atoms with van der Waals surface area (Å²) in [4.78, 5) is 1.24. The molecule has 0 saturated carbocycles. The van der Waals surface area contributed by atoms with Crippen LogP contribution in [0.1, 0.15) is 11.3 Å². The van der Waals surface area contributed by atoms with Crippen molar-refractivity contribution in [1.82, 2.24) is 5.32 Å². The third kappa shape index (κ3) is 3.31. The van der Waals surface area contributed by atoms with Crippen molar-refractivity contribution in [3.63, 3.8) is 0 Å². The molecule has 0 fully saturated rings. The summed E-state index contributed by atoms with van der Waals surface area (Å²) in [6.07, 6.45) is 3.76. The molecule has 18 heavy (non-hydrogen) atoms. The summed E-state index contributed by atoms with van der Waals surface area (Å²) < 4.78 is 11.1. The molecule has 0 spiro atoms. The molecule has 0 aliphatic rings. The van der Waals surface area contributed by atoms with E-state index in [1.54, 1.807) is 18.0 Å². The van der Waals surface area contributed by atoms with E-state index in [4.69, 9.17) is 9.15 Å². The minimum absolute atomic E-state index is 0.534. The summed E-state index contributed by atoms with van der Waals surface area (Å²) in [5, 5.41) is 3.07. The second-order valence-electron chi connectivity index (χ2n) is 3.86. The molecule has 2 rings (SSSR count). The van der Waals surface area contributed by atoms with Crippen molar-refractivity contribution in [2.45, 2.75) is 18.0 Å². The van der Waals surface area contributed by atoms with Gasteiger partial charge in [0, 0.05) is 10.5 Å². The molecule has 0 aliphatic heterocycles. The first-order valence-electron chi connectivity index (χ1n) is 5.80. The minimum Gasteiger partial charge on any atom is -0.489 e. The van der Waals surface area contributed by atoms with Crippen molar-refractivity contribution >= 4 is 11.8 Å². The van der Waals surface area contributed by atoms with Crippen LogP contribution in [0.15, 0.2) is 45.9 Å². The van der Waals surface area contributed by atoms with Gasteiger partial charge in [-0.1, -0.05) is 0 Å². The van der Waals surface area contributed by atoms with Gasteiger partial charge in [-0.2, -0.15) is 0 Å². The van der Waals surface area contributed by atoms with Crippen molar-refractivity contribution in [2.75, 3.05) is 13.3 Å². The third-order valence-corrected chi connectivity index (χ3v) is 3.37. The lowest BCUT2D eigenvalue weighted by Crippen LogP contribution is -2.07. The van der Waals surface area contributed by atoms with Gasteiger partial charge in [-0.25, -0.2) is 0 Å². The highest BCUT2D eigenvalue weighted by Crippen LogP contribution is 2.20. The Hall–Kier alpha value is -1.39. The number of thioether (sulfide) groups is 1. The Morgan fingerprint density at radius 3 is 2.67 bits per heavy atom. The highest BCUT2D eigenvalue weighted by Gasteiger charge is 2.06. The van der Waals surface area contributed by atoms with Crippen LogP contribution in [0.5, 0.6) is 5.75 Å². The molecule has 2 aromatic rings. The zero-order valence-corrected chi connectivity index (χ0v) is 11.4. The van der Waals surface area contributed by atoms with Crippen LogP contribution in [0.25, 0.3) is 0 Å². The molecule has 0 aliphatic carbocycles. The molecular weight excluding hydrogens is 246 g/mol. The first-order valence-corrected chi connectivity index (χ1v) is 7.02. The van der Waals surface area contributed by atoms with Crippen LogP contribution in [0.4, 0.5) is 0 Å². The van der Waals surface area contributed by atoms with Crippen LogP contribution in [0, 0.1) is 0 Å². The number of furan rings is 1. The van der Waals surface area contributed by atoms with Gasteiger partial charge < -0.3 is 14.5 Å². The summed E-state index contributed by atoms with van der Waals surface area (Å²) >= 11 is 1.72. The number of hydrogen-bond donors (Lipinski definition) is 1. The first kappa shape index (κ1) is 13.1. The number of hydrogen-bond acceptors (Lipinski definition) is 4. The highest BCUT2D eigenvalue weighted by molar-refractivity contribution is 7.98. The van der Waals surface area contributed by atoms with Crippen molar-refractivity contribution < 1.29 is 9.15 Å². The smallest absolute Gasteiger partial charge is 0.124 e. The largest absolute Gasteiger partial charge is 0.489 e. The fourth-order valence-corrected chi connectivity index (χ4v) is 2.05. The molecule has 0 atom stereocenters. The molecule has 0 amide bonds. The molecule has 3 nitrogen and oxygen atoms in total. The van der Waals surface area contributed by atoms with Crippen LogP contribution in [-0.2, 0) is 13.2 Å². The molecule has 0 unspecified atom stereocenters. The molecule has 96 valence electrons. The van der Waals surface area contributed by atoms with E-state index >= 15 is 0 Å². The van der Waals surface area contributed by atoms with E-state index in [0.717, 1.165) is 23.6 Å². The number of rotatable bonds is 6. The molecule has 1 aromatic heterocycles. The van der Waals surface area contributed by atoms with Crippen LogP contribution < -0.4 is 10.1 Å². The van der Waals surface area contributed by atoms with E-state index in [1.807, 2.05) is 25.2 Å². The second-order valence-corrected chi connectivity index (χ2v) is 4.74. The third-order valence-electron chi connectivity index (χ3n) is 2.63. The fourth-order valence-electron chi connectivity index (χ4n) is 1.64. The van der Waals surface area contributed by atoms with Gasteiger partial charge in [0.2, 0.25) is 0 Å². The number of benzene rings is 1. The van der Waals surface area contributed by atoms with Crippen molar-refractivity contribution in [3.8, 4) is 5.75 Å².